The molecule has 0 N–H and O–H groups in total. The lowest BCUT2D eigenvalue weighted by Gasteiger charge is -2.05. The van der Waals surface area contributed by atoms with Gasteiger partial charge in [-0.3, -0.25) is 0 Å². The van der Waals surface area contributed by atoms with E-state index in [1.54, 1.807) is 0 Å². The van der Waals surface area contributed by atoms with Crippen LogP contribution in [0.2, 0.25) is 0 Å². The Hall–Kier alpha value is -0.350. The molecular weight excluding hydrogens is 151 g/mol. The second-order valence-electron chi connectivity index (χ2n) is 2.74. The molecule has 1 unspecified atom stereocenters. The smallest absolute Gasteiger partial charge is 0.0300 e. The van der Waals surface area contributed by atoms with Crippen LogP contribution in [0.3, 0.4) is 0 Å². The maximum atomic E-state index is 2.74. The molecule has 0 amide bonds. The molecule has 0 fully saturated rings. The molecule has 0 spiro atoms. The molecule has 0 aliphatic heterocycles. The van der Waals surface area contributed by atoms with Gasteiger partial charge < -0.3 is 0 Å². The topological polar surface area (TPSA) is 0 Å². The molecule has 0 aromatic heterocycles. The third-order valence-electron chi connectivity index (χ3n) is 1.99. The lowest BCUT2D eigenvalue weighted by molar-refractivity contribution is 1.04. The third-order valence-corrected chi connectivity index (χ3v) is 2.35. The standard InChI is InChI=1S/C10H15P/c1-3-8-5-6-10(11)7-9(8)4-2/h5-7H,3-4,11H2,1-2H3. The van der Waals surface area contributed by atoms with E-state index in [0.29, 0.717) is 0 Å². The largest absolute Gasteiger partial charge is 0.106 e. The minimum Gasteiger partial charge on any atom is -0.106 e. The van der Waals surface area contributed by atoms with Gasteiger partial charge in [0.2, 0.25) is 0 Å². The number of aryl methyl sites for hydroxylation is 2. The van der Waals surface area contributed by atoms with Gasteiger partial charge in [-0.05, 0) is 29.3 Å². The van der Waals surface area contributed by atoms with Gasteiger partial charge in [0.25, 0.3) is 0 Å². The van der Waals surface area contributed by atoms with Crippen LogP contribution in [0.5, 0.6) is 0 Å². The Bertz CT molecular complexity index is 241. The molecule has 1 aromatic rings. The second kappa shape index (κ2) is 3.88. The van der Waals surface area contributed by atoms with Crippen molar-refractivity contribution < 1.29 is 0 Å². The van der Waals surface area contributed by atoms with Crippen LogP contribution in [0.4, 0.5) is 0 Å². The molecule has 0 nitrogen and oxygen atoms in total. The van der Waals surface area contributed by atoms with Gasteiger partial charge in [-0.15, -0.1) is 9.24 Å². The van der Waals surface area contributed by atoms with E-state index in [9.17, 15) is 0 Å². The lowest BCUT2D eigenvalue weighted by Crippen LogP contribution is -1.97. The van der Waals surface area contributed by atoms with E-state index in [0.717, 1.165) is 12.8 Å². The molecule has 1 rings (SSSR count). The summed E-state index contributed by atoms with van der Waals surface area (Å²) in [5.41, 5.74) is 2.97. The fourth-order valence-electron chi connectivity index (χ4n) is 1.32. The highest BCUT2D eigenvalue weighted by Gasteiger charge is 1.97. The SMILES string of the molecule is CCc1ccc(P)cc1CC. The molecule has 0 bridgehead atoms. The summed E-state index contributed by atoms with van der Waals surface area (Å²) in [4.78, 5) is 0. The Morgan fingerprint density at radius 3 is 2.27 bits per heavy atom. The molecule has 60 valence electrons. The predicted molar refractivity (Wildman–Crippen MR) is 54.5 cm³/mol. The first-order valence-corrected chi connectivity index (χ1v) is 4.73. The summed E-state index contributed by atoms with van der Waals surface area (Å²) in [7, 11) is 2.74. The average molecular weight is 166 g/mol. The zero-order valence-electron chi connectivity index (χ0n) is 7.22. The summed E-state index contributed by atoms with van der Waals surface area (Å²) in [6, 6.07) is 6.63. The van der Waals surface area contributed by atoms with Crippen LogP contribution in [-0.2, 0) is 12.8 Å². The second-order valence-corrected chi connectivity index (χ2v) is 3.40. The first kappa shape index (κ1) is 8.74. The van der Waals surface area contributed by atoms with Crippen molar-refractivity contribution in [2.45, 2.75) is 26.7 Å². The fourth-order valence-corrected chi connectivity index (χ4v) is 1.62. The summed E-state index contributed by atoms with van der Waals surface area (Å²) in [6.45, 7) is 4.41. The number of rotatable bonds is 2. The van der Waals surface area contributed by atoms with Gasteiger partial charge in [0.1, 0.15) is 0 Å². The van der Waals surface area contributed by atoms with Crippen molar-refractivity contribution in [1.82, 2.24) is 0 Å². The van der Waals surface area contributed by atoms with Gasteiger partial charge in [-0.25, -0.2) is 0 Å². The molecule has 0 aliphatic rings. The predicted octanol–water partition coefficient (Wildman–Crippen LogP) is 2.31. The van der Waals surface area contributed by atoms with E-state index in [1.807, 2.05) is 0 Å². The van der Waals surface area contributed by atoms with Crippen LogP contribution in [0.15, 0.2) is 18.2 Å². The van der Waals surface area contributed by atoms with Gasteiger partial charge in [0.15, 0.2) is 0 Å². The van der Waals surface area contributed by atoms with Gasteiger partial charge in [-0.1, -0.05) is 32.0 Å². The maximum Gasteiger partial charge on any atom is -0.0300 e. The molecule has 0 heterocycles. The van der Waals surface area contributed by atoms with E-state index in [2.05, 4.69) is 41.3 Å². The van der Waals surface area contributed by atoms with Crippen LogP contribution in [0.25, 0.3) is 0 Å². The molecular formula is C10H15P. The van der Waals surface area contributed by atoms with Crippen molar-refractivity contribution >= 4 is 14.5 Å². The third kappa shape index (κ3) is 2.04. The van der Waals surface area contributed by atoms with Crippen LogP contribution in [0, 0.1) is 0 Å². The summed E-state index contributed by atoms with van der Waals surface area (Å²) in [5, 5.41) is 1.29. The van der Waals surface area contributed by atoms with Crippen LogP contribution >= 0.6 is 9.24 Å². The molecule has 0 aliphatic carbocycles. The number of hydrogen-bond donors (Lipinski definition) is 0. The van der Waals surface area contributed by atoms with E-state index in [1.165, 1.54) is 16.4 Å². The van der Waals surface area contributed by atoms with Crippen LogP contribution in [-0.4, -0.2) is 0 Å². The summed E-state index contributed by atoms with van der Waals surface area (Å²) in [5.74, 6) is 0. The Balaban J connectivity index is 3.06. The van der Waals surface area contributed by atoms with Crippen molar-refractivity contribution in [3.63, 3.8) is 0 Å². The molecule has 11 heavy (non-hydrogen) atoms. The van der Waals surface area contributed by atoms with Gasteiger partial charge >= 0.3 is 0 Å². The van der Waals surface area contributed by atoms with Gasteiger partial charge in [0, 0.05) is 0 Å². The van der Waals surface area contributed by atoms with Crippen molar-refractivity contribution in [3.05, 3.63) is 29.3 Å². The molecule has 0 saturated carbocycles. The highest BCUT2D eigenvalue weighted by Crippen LogP contribution is 2.09. The zero-order valence-corrected chi connectivity index (χ0v) is 8.38. The highest BCUT2D eigenvalue weighted by atomic mass is 31.0. The minimum atomic E-state index is 1.14. The Morgan fingerprint density at radius 1 is 1.09 bits per heavy atom. The number of benzene rings is 1. The Labute approximate surface area is 71.2 Å². The average Bonchev–Trinajstić information content (AvgIpc) is 2.04. The van der Waals surface area contributed by atoms with E-state index >= 15 is 0 Å². The molecule has 0 radical (unpaired) electrons. The quantitative estimate of drug-likeness (QED) is 0.591. The van der Waals surface area contributed by atoms with Crippen LogP contribution < -0.4 is 5.30 Å². The normalized spacial score (nSPS) is 10.1. The van der Waals surface area contributed by atoms with Crippen molar-refractivity contribution in [3.8, 4) is 0 Å². The van der Waals surface area contributed by atoms with E-state index < -0.39 is 0 Å². The van der Waals surface area contributed by atoms with Crippen molar-refractivity contribution in [1.29, 1.82) is 0 Å². The van der Waals surface area contributed by atoms with Crippen molar-refractivity contribution in [2.24, 2.45) is 0 Å². The molecule has 0 saturated heterocycles. The highest BCUT2D eigenvalue weighted by molar-refractivity contribution is 7.27. The lowest BCUT2D eigenvalue weighted by atomic mass is 10.0. The molecule has 1 atom stereocenters. The minimum absolute atomic E-state index is 1.14. The Kier molecular flexibility index (Phi) is 3.08. The molecule has 1 aromatic carbocycles. The zero-order chi connectivity index (χ0) is 8.27. The first-order valence-electron chi connectivity index (χ1n) is 4.15. The summed E-state index contributed by atoms with van der Waals surface area (Å²) < 4.78 is 0. The maximum absolute atomic E-state index is 2.74. The van der Waals surface area contributed by atoms with Crippen LogP contribution in [0.1, 0.15) is 25.0 Å². The summed E-state index contributed by atoms with van der Waals surface area (Å²) >= 11 is 0. The molecule has 1 heteroatoms. The first-order chi connectivity index (χ1) is 5.27. The Morgan fingerprint density at radius 2 is 1.73 bits per heavy atom. The van der Waals surface area contributed by atoms with E-state index in [4.69, 9.17) is 0 Å². The van der Waals surface area contributed by atoms with Gasteiger partial charge in [-0.2, -0.15) is 0 Å². The monoisotopic (exact) mass is 166 g/mol. The van der Waals surface area contributed by atoms with E-state index in [-0.39, 0.29) is 0 Å². The number of hydrogen-bond acceptors (Lipinski definition) is 0. The van der Waals surface area contributed by atoms with Crippen molar-refractivity contribution in [2.75, 3.05) is 0 Å². The fraction of sp³-hybridized carbons (Fsp3) is 0.400. The van der Waals surface area contributed by atoms with Gasteiger partial charge in [0.05, 0.1) is 0 Å². The summed E-state index contributed by atoms with van der Waals surface area (Å²) in [6.07, 6.45) is 2.29.